The molecule has 0 spiro atoms. The molecule has 3 rings (SSSR count). The smallest absolute Gasteiger partial charge is 0.0367 e. The van der Waals surface area contributed by atoms with Crippen LogP contribution in [0, 0.1) is 11.8 Å². The summed E-state index contributed by atoms with van der Waals surface area (Å²) in [4.78, 5) is 8.79. The van der Waals surface area contributed by atoms with Gasteiger partial charge in [-0.15, -0.1) is 0 Å². The van der Waals surface area contributed by atoms with Crippen molar-refractivity contribution in [2.24, 2.45) is 0 Å². The minimum Gasteiger partial charge on any atom is -0.369 e. The largest absolute Gasteiger partial charge is 0.369 e. The zero-order valence-electron chi connectivity index (χ0n) is 12.3. The second-order valence-electron chi connectivity index (χ2n) is 5.32. The predicted octanol–water partition coefficient (Wildman–Crippen LogP) is 2.23. The van der Waals surface area contributed by atoms with Crippen molar-refractivity contribution in [3.8, 4) is 11.8 Å². The number of pyridine rings is 1. The van der Waals surface area contributed by atoms with Crippen molar-refractivity contribution in [3.05, 3.63) is 59.9 Å². The van der Waals surface area contributed by atoms with Crippen molar-refractivity contribution in [3.63, 3.8) is 0 Å². The summed E-state index contributed by atoms with van der Waals surface area (Å²) < 4.78 is 0. The van der Waals surface area contributed by atoms with Crippen molar-refractivity contribution in [1.82, 2.24) is 9.88 Å². The molecule has 106 valence electrons. The third-order valence-electron chi connectivity index (χ3n) is 3.77. The molecular formula is C18H19N3. The van der Waals surface area contributed by atoms with Gasteiger partial charge in [-0.05, 0) is 43.4 Å². The quantitative estimate of drug-likeness (QED) is 0.745. The highest BCUT2D eigenvalue weighted by Gasteiger charge is 2.13. The molecule has 1 aliphatic rings. The third-order valence-corrected chi connectivity index (χ3v) is 3.77. The topological polar surface area (TPSA) is 19.4 Å². The molecule has 1 saturated heterocycles. The summed E-state index contributed by atoms with van der Waals surface area (Å²) >= 11 is 0. The monoisotopic (exact) mass is 277 g/mol. The first kappa shape index (κ1) is 13.7. The number of hydrogen-bond acceptors (Lipinski definition) is 3. The van der Waals surface area contributed by atoms with Gasteiger partial charge in [-0.3, -0.25) is 4.98 Å². The van der Waals surface area contributed by atoms with Gasteiger partial charge in [-0.25, -0.2) is 0 Å². The third kappa shape index (κ3) is 3.62. The number of aromatic nitrogens is 1. The van der Waals surface area contributed by atoms with E-state index in [-0.39, 0.29) is 0 Å². The molecule has 3 heteroatoms. The Bertz CT molecular complexity index is 630. The lowest BCUT2D eigenvalue weighted by atomic mass is 10.1. The Labute approximate surface area is 126 Å². The molecule has 3 nitrogen and oxygen atoms in total. The number of likely N-dealkylation sites (N-methyl/N-ethyl adjacent to an activating group) is 1. The van der Waals surface area contributed by atoms with Gasteiger partial charge in [0.05, 0.1) is 0 Å². The fourth-order valence-corrected chi connectivity index (χ4v) is 2.40. The zero-order valence-corrected chi connectivity index (χ0v) is 12.3. The standard InChI is InChI=1S/C18H19N3/c1-20-12-14-21(15-13-20)18-6-4-16(5-7-18)2-3-17-8-10-19-11-9-17/h4-11H,12-15H2,1H3. The Kier molecular flexibility index (Phi) is 4.18. The predicted molar refractivity (Wildman–Crippen MR) is 86.4 cm³/mol. The second-order valence-corrected chi connectivity index (χ2v) is 5.32. The number of rotatable bonds is 1. The van der Waals surface area contributed by atoms with Crippen LogP contribution >= 0.6 is 0 Å². The lowest BCUT2D eigenvalue weighted by Gasteiger charge is -2.34. The average Bonchev–Trinajstić information content (AvgIpc) is 2.55. The molecule has 0 bridgehead atoms. The minimum absolute atomic E-state index is 0.994. The SMILES string of the molecule is CN1CCN(c2ccc(C#Cc3ccncc3)cc2)CC1. The van der Waals surface area contributed by atoms with Crippen LogP contribution in [0.4, 0.5) is 5.69 Å². The van der Waals surface area contributed by atoms with E-state index in [1.54, 1.807) is 12.4 Å². The van der Waals surface area contributed by atoms with E-state index >= 15 is 0 Å². The van der Waals surface area contributed by atoms with Crippen LogP contribution < -0.4 is 4.90 Å². The Balaban J connectivity index is 1.69. The van der Waals surface area contributed by atoms with Crippen molar-refractivity contribution >= 4 is 5.69 Å². The van der Waals surface area contributed by atoms with Crippen LogP contribution in [0.15, 0.2) is 48.8 Å². The molecule has 0 atom stereocenters. The lowest BCUT2D eigenvalue weighted by Crippen LogP contribution is -2.44. The molecule has 0 amide bonds. The number of anilines is 1. The van der Waals surface area contributed by atoms with Gasteiger partial charge in [0, 0.05) is 55.4 Å². The summed E-state index contributed by atoms with van der Waals surface area (Å²) in [6.45, 7) is 4.45. The van der Waals surface area contributed by atoms with Gasteiger partial charge in [0.25, 0.3) is 0 Å². The van der Waals surface area contributed by atoms with Gasteiger partial charge >= 0.3 is 0 Å². The molecule has 2 aromatic rings. The zero-order chi connectivity index (χ0) is 14.5. The summed E-state index contributed by atoms with van der Waals surface area (Å²) in [7, 11) is 2.18. The second kappa shape index (κ2) is 6.43. The molecule has 0 aliphatic carbocycles. The van der Waals surface area contributed by atoms with Crippen LogP contribution in [0.2, 0.25) is 0 Å². The molecule has 1 fully saturated rings. The lowest BCUT2D eigenvalue weighted by molar-refractivity contribution is 0.313. The summed E-state index contributed by atoms with van der Waals surface area (Å²) in [6.07, 6.45) is 3.53. The van der Waals surface area contributed by atoms with E-state index in [9.17, 15) is 0 Å². The Morgan fingerprint density at radius 2 is 1.38 bits per heavy atom. The first-order chi connectivity index (χ1) is 10.3. The van der Waals surface area contributed by atoms with Gasteiger partial charge in [-0.1, -0.05) is 11.8 Å². The maximum atomic E-state index is 3.99. The molecule has 1 aliphatic heterocycles. The highest BCUT2D eigenvalue weighted by Crippen LogP contribution is 2.16. The van der Waals surface area contributed by atoms with Crippen molar-refractivity contribution in [2.75, 3.05) is 38.1 Å². The molecule has 0 radical (unpaired) electrons. The Hall–Kier alpha value is -2.31. The molecule has 0 saturated carbocycles. The first-order valence-corrected chi connectivity index (χ1v) is 7.27. The van der Waals surface area contributed by atoms with Crippen LogP contribution in [0.3, 0.4) is 0 Å². The molecule has 0 N–H and O–H groups in total. The van der Waals surface area contributed by atoms with E-state index in [4.69, 9.17) is 0 Å². The highest BCUT2D eigenvalue weighted by molar-refractivity contribution is 5.52. The van der Waals surface area contributed by atoms with E-state index in [1.807, 2.05) is 12.1 Å². The Morgan fingerprint density at radius 3 is 2.00 bits per heavy atom. The maximum absolute atomic E-state index is 3.99. The Morgan fingerprint density at radius 1 is 0.810 bits per heavy atom. The van der Waals surface area contributed by atoms with E-state index < -0.39 is 0 Å². The molecular weight excluding hydrogens is 258 g/mol. The van der Waals surface area contributed by atoms with E-state index in [1.165, 1.54) is 5.69 Å². The molecule has 0 unspecified atom stereocenters. The number of nitrogens with zero attached hydrogens (tertiary/aromatic N) is 3. The minimum atomic E-state index is 0.994. The van der Waals surface area contributed by atoms with Crippen molar-refractivity contribution in [2.45, 2.75) is 0 Å². The van der Waals surface area contributed by atoms with Crippen molar-refractivity contribution in [1.29, 1.82) is 0 Å². The summed E-state index contributed by atoms with van der Waals surface area (Å²) in [5.41, 5.74) is 3.33. The van der Waals surface area contributed by atoms with Gasteiger partial charge < -0.3 is 9.80 Å². The van der Waals surface area contributed by atoms with E-state index in [0.717, 1.165) is 37.3 Å². The maximum Gasteiger partial charge on any atom is 0.0367 e. The van der Waals surface area contributed by atoms with Gasteiger partial charge in [0.1, 0.15) is 0 Å². The fourth-order valence-electron chi connectivity index (χ4n) is 2.40. The van der Waals surface area contributed by atoms with E-state index in [0.29, 0.717) is 0 Å². The fraction of sp³-hybridized carbons (Fsp3) is 0.278. The van der Waals surface area contributed by atoms with Crippen LogP contribution in [0.25, 0.3) is 0 Å². The highest BCUT2D eigenvalue weighted by atomic mass is 15.2. The average molecular weight is 277 g/mol. The van der Waals surface area contributed by atoms with Crippen molar-refractivity contribution < 1.29 is 0 Å². The summed E-state index contributed by atoms with van der Waals surface area (Å²) in [6, 6.07) is 12.4. The molecule has 1 aromatic heterocycles. The molecule has 2 heterocycles. The van der Waals surface area contributed by atoms with E-state index in [2.05, 4.69) is 57.9 Å². The van der Waals surface area contributed by atoms with Gasteiger partial charge in [0.15, 0.2) is 0 Å². The van der Waals surface area contributed by atoms with Gasteiger partial charge in [-0.2, -0.15) is 0 Å². The van der Waals surface area contributed by atoms with Crippen LogP contribution in [0.1, 0.15) is 11.1 Å². The number of hydrogen-bond donors (Lipinski definition) is 0. The van der Waals surface area contributed by atoms with Gasteiger partial charge in [0.2, 0.25) is 0 Å². The first-order valence-electron chi connectivity index (χ1n) is 7.27. The van der Waals surface area contributed by atoms with Crippen LogP contribution in [0.5, 0.6) is 0 Å². The molecule has 21 heavy (non-hydrogen) atoms. The molecule has 1 aromatic carbocycles. The normalized spacial score (nSPS) is 15.4. The number of benzene rings is 1. The number of piperazine rings is 1. The summed E-state index contributed by atoms with van der Waals surface area (Å²) in [5.74, 6) is 6.35. The van der Waals surface area contributed by atoms with Crippen LogP contribution in [-0.4, -0.2) is 43.1 Å². The summed E-state index contributed by atoms with van der Waals surface area (Å²) in [5, 5.41) is 0. The van der Waals surface area contributed by atoms with Crippen LogP contribution in [-0.2, 0) is 0 Å².